The summed E-state index contributed by atoms with van der Waals surface area (Å²) >= 11 is 4.71. The van der Waals surface area contributed by atoms with Crippen molar-refractivity contribution in [1.29, 1.82) is 0 Å². The molecule has 0 aliphatic rings. The van der Waals surface area contributed by atoms with Crippen molar-refractivity contribution in [2.24, 2.45) is 0 Å². The first-order chi connectivity index (χ1) is 14.0. The maximum absolute atomic E-state index is 13.2. The fourth-order valence-corrected chi connectivity index (χ4v) is 4.11. The van der Waals surface area contributed by atoms with Crippen LogP contribution in [0.4, 0.5) is 4.39 Å². The molecule has 8 heteroatoms. The molecule has 29 heavy (non-hydrogen) atoms. The van der Waals surface area contributed by atoms with Gasteiger partial charge in [0, 0.05) is 15.4 Å². The average molecular weight is 475 g/mol. The second kappa shape index (κ2) is 8.44. The number of nitrogens with zero attached hydrogens (tertiary/aromatic N) is 2. The smallest absolute Gasteiger partial charge is 0.262 e. The normalized spacial score (nSPS) is 12.2. The van der Waals surface area contributed by atoms with E-state index in [2.05, 4.69) is 20.9 Å². The molecule has 4 aromatic rings. The molecule has 0 saturated carbocycles. The predicted octanol–water partition coefficient (Wildman–Crippen LogP) is 4.47. The van der Waals surface area contributed by atoms with Crippen molar-refractivity contribution >= 4 is 37.5 Å². The van der Waals surface area contributed by atoms with Crippen LogP contribution in [0.5, 0.6) is 5.75 Å². The fraction of sp³-hybridized carbons (Fsp3) is 0.143. The van der Waals surface area contributed by atoms with E-state index in [1.807, 2.05) is 17.5 Å². The Balaban J connectivity index is 1.55. The zero-order valence-electron chi connectivity index (χ0n) is 15.1. The van der Waals surface area contributed by atoms with Gasteiger partial charge < -0.3 is 9.84 Å². The zero-order chi connectivity index (χ0) is 20.4. The monoisotopic (exact) mass is 474 g/mol. The quantitative estimate of drug-likeness (QED) is 0.447. The molecule has 0 amide bonds. The van der Waals surface area contributed by atoms with Crippen LogP contribution in [0.15, 0.2) is 69.5 Å². The summed E-state index contributed by atoms with van der Waals surface area (Å²) in [7, 11) is 0. The van der Waals surface area contributed by atoms with Gasteiger partial charge in [0.2, 0.25) is 0 Å². The highest BCUT2D eigenvalue weighted by molar-refractivity contribution is 9.10. The highest BCUT2D eigenvalue weighted by atomic mass is 79.9. The number of rotatable bonds is 6. The van der Waals surface area contributed by atoms with Crippen molar-refractivity contribution in [3.05, 3.63) is 80.9 Å². The molecule has 5 nitrogen and oxygen atoms in total. The third-order valence-corrected chi connectivity index (χ3v) is 5.79. The van der Waals surface area contributed by atoms with Crippen LogP contribution in [-0.2, 0) is 6.54 Å². The van der Waals surface area contributed by atoms with Gasteiger partial charge in [0.25, 0.3) is 5.56 Å². The van der Waals surface area contributed by atoms with Gasteiger partial charge in [0.05, 0.1) is 18.3 Å². The summed E-state index contributed by atoms with van der Waals surface area (Å²) in [6, 6.07) is 13.2. The minimum Gasteiger partial charge on any atom is -0.491 e. The lowest BCUT2D eigenvalue weighted by molar-refractivity contribution is 0.0915. The fourth-order valence-electron chi connectivity index (χ4n) is 2.94. The molecule has 148 valence electrons. The van der Waals surface area contributed by atoms with E-state index in [9.17, 15) is 14.3 Å². The van der Waals surface area contributed by atoms with E-state index in [4.69, 9.17) is 4.74 Å². The molecule has 2 heterocycles. The summed E-state index contributed by atoms with van der Waals surface area (Å²) in [5.41, 5.74) is 1.20. The van der Waals surface area contributed by atoms with E-state index < -0.39 is 6.10 Å². The van der Waals surface area contributed by atoms with Crippen molar-refractivity contribution in [2.75, 3.05) is 6.61 Å². The number of benzene rings is 2. The van der Waals surface area contributed by atoms with Gasteiger partial charge in [-0.25, -0.2) is 9.37 Å². The summed E-state index contributed by atoms with van der Waals surface area (Å²) in [5.74, 6) is 0.294. The molecule has 4 rings (SSSR count). The van der Waals surface area contributed by atoms with Crippen LogP contribution in [0, 0.1) is 5.82 Å². The Hall–Kier alpha value is -2.55. The third-order valence-electron chi connectivity index (χ3n) is 4.38. The number of hydrogen-bond acceptors (Lipinski definition) is 5. The number of halogens is 2. The highest BCUT2D eigenvalue weighted by Crippen LogP contribution is 2.30. The van der Waals surface area contributed by atoms with Crippen LogP contribution in [0.25, 0.3) is 21.3 Å². The Morgan fingerprint density at radius 3 is 2.62 bits per heavy atom. The number of thiophene rings is 1. The molecule has 0 bridgehead atoms. The van der Waals surface area contributed by atoms with E-state index in [-0.39, 0.29) is 24.5 Å². The Morgan fingerprint density at radius 2 is 1.90 bits per heavy atom. The SMILES string of the molecule is O=c1c2c(-c3ccc(F)cc3)csc2ncn1C[C@H](O)COc1ccc(Br)cc1. The van der Waals surface area contributed by atoms with Crippen molar-refractivity contribution < 1.29 is 14.2 Å². The number of aromatic nitrogens is 2. The number of fused-ring (bicyclic) bond motifs is 1. The molecule has 0 aliphatic heterocycles. The second-order valence-corrected chi connectivity index (χ2v) is 8.23. The average Bonchev–Trinajstić information content (AvgIpc) is 3.15. The Kier molecular flexibility index (Phi) is 5.75. The van der Waals surface area contributed by atoms with Gasteiger partial charge in [-0.3, -0.25) is 9.36 Å². The molecule has 0 fully saturated rings. The molecule has 0 aliphatic carbocycles. The lowest BCUT2D eigenvalue weighted by atomic mass is 10.1. The van der Waals surface area contributed by atoms with Gasteiger partial charge in [-0.15, -0.1) is 11.3 Å². The van der Waals surface area contributed by atoms with E-state index >= 15 is 0 Å². The van der Waals surface area contributed by atoms with E-state index in [1.165, 1.54) is 34.4 Å². The highest BCUT2D eigenvalue weighted by Gasteiger charge is 2.15. The molecule has 1 N–H and O–H groups in total. The molecule has 0 saturated heterocycles. The lowest BCUT2D eigenvalue weighted by Crippen LogP contribution is -2.30. The molecule has 0 radical (unpaired) electrons. The van der Waals surface area contributed by atoms with Gasteiger partial charge >= 0.3 is 0 Å². The van der Waals surface area contributed by atoms with Crippen LogP contribution in [0.3, 0.4) is 0 Å². The molecular formula is C21H16BrFN2O3S. The van der Waals surface area contributed by atoms with E-state index in [0.717, 1.165) is 10.0 Å². The topological polar surface area (TPSA) is 64.4 Å². The van der Waals surface area contributed by atoms with E-state index in [0.29, 0.717) is 21.5 Å². The first-order valence-electron chi connectivity index (χ1n) is 8.80. The van der Waals surface area contributed by atoms with Crippen LogP contribution in [0.2, 0.25) is 0 Å². The summed E-state index contributed by atoms with van der Waals surface area (Å²) < 4.78 is 21.1. The molecule has 1 atom stereocenters. The largest absolute Gasteiger partial charge is 0.491 e. The van der Waals surface area contributed by atoms with Gasteiger partial charge in [-0.2, -0.15) is 0 Å². The predicted molar refractivity (Wildman–Crippen MR) is 115 cm³/mol. The number of ether oxygens (including phenoxy) is 1. The zero-order valence-corrected chi connectivity index (χ0v) is 17.5. The van der Waals surface area contributed by atoms with Gasteiger partial charge in [0.15, 0.2) is 0 Å². The van der Waals surface area contributed by atoms with Crippen molar-refractivity contribution in [2.45, 2.75) is 12.6 Å². The number of aliphatic hydroxyl groups is 1. The molecule has 0 spiro atoms. The van der Waals surface area contributed by atoms with Crippen LogP contribution in [0.1, 0.15) is 0 Å². The van der Waals surface area contributed by atoms with Gasteiger partial charge in [-0.1, -0.05) is 28.1 Å². The minimum absolute atomic E-state index is 0.0422. The Morgan fingerprint density at radius 1 is 1.17 bits per heavy atom. The lowest BCUT2D eigenvalue weighted by Gasteiger charge is -2.14. The van der Waals surface area contributed by atoms with Crippen LogP contribution >= 0.6 is 27.3 Å². The van der Waals surface area contributed by atoms with Crippen molar-refractivity contribution in [3.8, 4) is 16.9 Å². The summed E-state index contributed by atoms with van der Waals surface area (Å²) in [6.45, 7) is 0.0948. The Bertz CT molecular complexity index is 1190. The summed E-state index contributed by atoms with van der Waals surface area (Å²) in [4.78, 5) is 17.9. The van der Waals surface area contributed by atoms with Crippen LogP contribution in [-0.4, -0.2) is 27.4 Å². The maximum atomic E-state index is 13.2. The summed E-state index contributed by atoms with van der Waals surface area (Å²) in [5, 5.41) is 12.6. The number of aliphatic hydroxyl groups excluding tert-OH is 1. The van der Waals surface area contributed by atoms with E-state index in [1.54, 1.807) is 24.3 Å². The standard InChI is InChI=1S/C21H16BrFN2O3S/c22-14-3-7-17(8-4-14)28-10-16(26)9-25-12-24-20-19(21(25)27)18(11-29-20)13-1-5-15(23)6-2-13/h1-8,11-12,16,26H,9-10H2/t16-/m0/s1. The first kappa shape index (κ1) is 19.8. The Labute approximate surface area is 178 Å². The third kappa shape index (κ3) is 4.39. The molecule has 2 aromatic heterocycles. The van der Waals surface area contributed by atoms with Crippen molar-refractivity contribution in [3.63, 3.8) is 0 Å². The van der Waals surface area contributed by atoms with Crippen LogP contribution < -0.4 is 10.3 Å². The van der Waals surface area contributed by atoms with Crippen molar-refractivity contribution in [1.82, 2.24) is 9.55 Å². The second-order valence-electron chi connectivity index (χ2n) is 6.46. The molecule has 0 unspecified atom stereocenters. The van der Waals surface area contributed by atoms with Gasteiger partial charge in [0.1, 0.15) is 29.1 Å². The maximum Gasteiger partial charge on any atom is 0.262 e. The number of hydrogen-bond donors (Lipinski definition) is 1. The van der Waals surface area contributed by atoms with Gasteiger partial charge in [-0.05, 0) is 42.0 Å². The minimum atomic E-state index is -0.886. The summed E-state index contributed by atoms with van der Waals surface area (Å²) in [6.07, 6.45) is 0.543. The molecular weight excluding hydrogens is 459 g/mol. The first-order valence-corrected chi connectivity index (χ1v) is 10.5. The molecule has 2 aromatic carbocycles.